The van der Waals surface area contributed by atoms with Gasteiger partial charge >= 0.3 is 6.03 Å². The number of fused-ring (bicyclic) bond motifs is 1. The standard InChI is InChI=1S/C70H92IN17O14/c1-39(2)31-52(61(94)82-51(15-9-28-77-69(73)74)68(101)88-30-10-16-58(88)67(100)79-40(3)59(72)92)83-60(93)50(14-8-29-78-70(75)102)81-63(96)54(34-43-20-25-49(91)26-21-43)86-66(99)57(38-89)87-65(98)56(36-45-11-7-27-76-37-45)85-64(97)55(33-42-18-23-48(71)24-19-42)84-62(95)53(80-41(4)90)35-44-17-22-46-12-5-6-13-47(46)32-44/h5-7,11-13,17-27,32,37,39-40,50-58,89,91H,8-10,14-16,28-31,33-36,38H2,1-4H3,(H2,72,92)(H,79,100)(H,80,90)(H,81,96)(H,82,94)(H,83,93)(H,84,95)(H,85,97)(H,86,99)(H,87,98)(H4,73,74,77)(H3,75,78,102)/t40-,50-,51+,52+,53-,54+,55-,56-,57+,58+/m1/s1. The number of hydrogen-bond acceptors (Lipinski definition) is 16. The van der Waals surface area contributed by atoms with Crippen molar-refractivity contribution in [1.29, 1.82) is 0 Å². The van der Waals surface area contributed by atoms with E-state index in [4.69, 9.17) is 22.9 Å². The molecule has 0 saturated carbocycles. The Kier molecular flexibility index (Phi) is 31.6. The number of nitrogens with zero attached hydrogens (tertiary/aromatic N) is 3. The number of likely N-dealkylation sites (tertiary alicyclic amines) is 1. The Balaban J connectivity index is 1.26. The number of aliphatic hydroxyl groups is 1. The number of rotatable bonds is 38. The maximum atomic E-state index is 14.9. The van der Waals surface area contributed by atoms with Gasteiger partial charge in [0.2, 0.25) is 65.0 Å². The number of nitrogens with one attached hydrogen (secondary N) is 10. The number of guanidine groups is 1. The summed E-state index contributed by atoms with van der Waals surface area (Å²) in [6, 6.07) is 14.4. The first-order chi connectivity index (χ1) is 48.6. The molecule has 5 aromatic rings. The second kappa shape index (κ2) is 40.1. The number of amides is 13. The minimum Gasteiger partial charge on any atom is -0.508 e. The molecule has 0 bridgehead atoms. The summed E-state index contributed by atoms with van der Waals surface area (Å²) in [5.41, 5.74) is 24.0. The fourth-order valence-electron chi connectivity index (χ4n) is 11.4. The Morgan fingerprint density at radius 2 is 1.07 bits per heavy atom. The lowest BCUT2D eigenvalue weighted by molar-refractivity contribution is -0.142. The van der Waals surface area contributed by atoms with Gasteiger partial charge in [-0.1, -0.05) is 86.6 Å². The van der Waals surface area contributed by atoms with E-state index in [2.05, 4.69) is 85.7 Å². The zero-order valence-corrected chi connectivity index (χ0v) is 59.4. The van der Waals surface area contributed by atoms with Crippen LogP contribution in [-0.2, 0) is 78.4 Å². The van der Waals surface area contributed by atoms with E-state index < -0.39 is 138 Å². The van der Waals surface area contributed by atoms with Crippen molar-refractivity contribution in [3.8, 4) is 5.75 Å². The second-order valence-electron chi connectivity index (χ2n) is 25.4. The first kappa shape index (κ1) is 80.5. The topological polar surface area (TPSA) is 498 Å². The molecule has 13 amide bonds. The number of benzene rings is 4. The molecule has 1 saturated heterocycles. The van der Waals surface area contributed by atoms with Gasteiger partial charge in [-0.3, -0.25) is 62.7 Å². The molecular formula is C70H92IN17O14. The van der Waals surface area contributed by atoms with E-state index >= 15 is 0 Å². The molecule has 102 heavy (non-hydrogen) atoms. The number of aromatic nitrogens is 1. The van der Waals surface area contributed by atoms with E-state index in [1.165, 1.54) is 55.4 Å². The molecule has 2 heterocycles. The van der Waals surface area contributed by atoms with Crippen LogP contribution in [0.3, 0.4) is 0 Å². The fraction of sp³-hybridized carbons (Fsp3) is 0.429. The minimum absolute atomic E-state index is 0.00431. The molecule has 0 radical (unpaired) electrons. The summed E-state index contributed by atoms with van der Waals surface area (Å²) in [4.78, 5) is 176. The predicted octanol–water partition coefficient (Wildman–Crippen LogP) is -0.765. The number of urea groups is 1. The van der Waals surface area contributed by atoms with Crippen LogP contribution in [0.25, 0.3) is 10.8 Å². The van der Waals surface area contributed by atoms with Gasteiger partial charge < -0.3 is 91.2 Å². The van der Waals surface area contributed by atoms with Gasteiger partial charge in [-0.2, -0.15) is 0 Å². The summed E-state index contributed by atoms with van der Waals surface area (Å²) in [5, 5.41) is 49.3. The Labute approximate surface area is 603 Å². The van der Waals surface area contributed by atoms with Crippen molar-refractivity contribution in [2.45, 2.75) is 159 Å². The summed E-state index contributed by atoms with van der Waals surface area (Å²) < 4.78 is 0.883. The fourth-order valence-corrected chi connectivity index (χ4v) is 11.8. The molecule has 548 valence electrons. The van der Waals surface area contributed by atoms with Crippen LogP contribution in [0, 0.1) is 9.49 Å². The predicted molar refractivity (Wildman–Crippen MR) is 386 cm³/mol. The molecule has 0 aliphatic carbocycles. The zero-order chi connectivity index (χ0) is 74.6. The lowest BCUT2D eigenvalue weighted by atomic mass is 9.99. The van der Waals surface area contributed by atoms with E-state index in [0.29, 0.717) is 28.7 Å². The smallest absolute Gasteiger partial charge is 0.312 e. The lowest BCUT2D eigenvalue weighted by Gasteiger charge is -2.31. The van der Waals surface area contributed by atoms with Gasteiger partial charge in [-0.15, -0.1) is 0 Å². The third-order valence-electron chi connectivity index (χ3n) is 16.7. The molecule has 4 aromatic carbocycles. The first-order valence-electron chi connectivity index (χ1n) is 33.5. The van der Waals surface area contributed by atoms with E-state index in [9.17, 15) is 67.7 Å². The van der Waals surface area contributed by atoms with Crippen LogP contribution in [0.15, 0.2) is 121 Å². The van der Waals surface area contributed by atoms with Crippen molar-refractivity contribution in [1.82, 2.24) is 63.1 Å². The number of phenolic OH excluding ortho intramolecular Hbond substituents is 1. The Hall–Kier alpha value is -10.5. The maximum Gasteiger partial charge on any atom is 0.312 e. The van der Waals surface area contributed by atoms with Crippen molar-refractivity contribution >= 4 is 110 Å². The van der Waals surface area contributed by atoms with E-state index in [-0.39, 0.29) is 101 Å². The highest BCUT2D eigenvalue weighted by molar-refractivity contribution is 14.1. The van der Waals surface area contributed by atoms with Crippen LogP contribution < -0.4 is 76.1 Å². The number of hydrogen-bond donors (Lipinski definition) is 16. The molecule has 1 aliphatic heterocycles. The van der Waals surface area contributed by atoms with Gasteiger partial charge in [-0.25, -0.2) is 4.79 Å². The van der Waals surface area contributed by atoms with Gasteiger partial charge in [0.15, 0.2) is 5.96 Å². The highest BCUT2D eigenvalue weighted by Crippen LogP contribution is 2.22. The molecule has 1 fully saturated rings. The van der Waals surface area contributed by atoms with Gasteiger partial charge in [0.05, 0.1) is 6.61 Å². The first-order valence-corrected chi connectivity index (χ1v) is 34.5. The monoisotopic (exact) mass is 1520 g/mol. The van der Waals surface area contributed by atoms with Crippen LogP contribution in [0.5, 0.6) is 5.75 Å². The number of nitrogens with two attached hydrogens (primary N) is 4. The molecule has 6 rings (SSSR count). The number of aliphatic imine (C=N–C) groups is 1. The van der Waals surface area contributed by atoms with Gasteiger partial charge in [0, 0.05) is 68.2 Å². The zero-order valence-electron chi connectivity index (χ0n) is 57.2. The van der Waals surface area contributed by atoms with Crippen LogP contribution in [-0.4, -0.2) is 184 Å². The number of primary amides is 2. The number of halogens is 1. The summed E-state index contributed by atoms with van der Waals surface area (Å²) in [7, 11) is 0. The third-order valence-corrected chi connectivity index (χ3v) is 17.4. The average Bonchev–Trinajstić information content (AvgIpc) is 1.13. The van der Waals surface area contributed by atoms with Crippen LogP contribution in [0.1, 0.15) is 94.9 Å². The number of carbonyl (C=O) groups is 12. The highest BCUT2D eigenvalue weighted by Gasteiger charge is 2.40. The molecular weight excluding hydrogens is 1430 g/mol. The maximum absolute atomic E-state index is 14.9. The summed E-state index contributed by atoms with van der Waals surface area (Å²) >= 11 is 2.12. The normalized spacial score (nSPS) is 15.2. The van der Waals surface area contributed by atoms with Crippen molar-refractivity contribution in [2.75, 3.05) is 26.2 Å². The average molecular weight is 1520 g/mol. The molecule has 0 unspecified atom stereocenters. The molecule has 0 spiro atoms. The SMILES string of the molecule is CC(=O)N[C@H](Cc1ccc2ccccc2c1)C(=O)N[C@H](Cc1ccc(I)cc1)C(=O)N[C@H](Cc1cccnc1)C(=O)N[C@@H](CO)C(=O)N[C@@H](Cc1ccc(O)cc1)C(=O)N[C@H](CCCNC(N)=O)C(=O)N[C@@H](CC(C)C)C(=O)N[C@@H](CCCN=C(N)N)C(=O)N1CCC[C@H]1C(=O)N[C@H](C)C(N)=O. The summed E-state index contributed by atoms with van der Waals surface area (Å²) in [6.45, 7) is 5.19. The van der Waals surface area contributed by atoms with Crippen molar-refractivity contribution in [3.05, 3.63) is 141 Å². The number of phenols is 1. The molecule has 10 atom stereocenters. The van der Waals surface area contributed by atoms with Crippen molar-refractivity contribution < 1.29 is 67.7 Å². The number of carbonyl (C=O) groups excluding carboxylic acids is 12. The van der Waals surface area contributed by atoms with Gasteiger partial charge in [-0.05, 0) is 144 Å². The van der Waals surface area contributed by atoms with Crippen molar-refractivity contribution in [3.63, 3.8) is 0 Å². The number of pyridine rings is 1. The second-order valence-corrected chi connectivity index (χ2v) is 26.6. The molecule has 20 N–H and O–H groups in total. The Bertz CT molecular complexity index is 3770. The van der Waals surface area contributed by atoms with Crippen LogP contribution in [0.2, 0.25) is 0 Å². The molecule has 32 heteroatoms. The summed E-state index contributed by atoms with van der Waals surface area (Å²) in [6.07, 6.45) is 2.84. The number of aromatic hydroxyl groups is 1. The highest BCUT2D eigenvalue weighted by atomic mass is 127. The lowest BCUT2D eigenvalue weighted by Crippen LogP contribution is -2.61. The number of aliphatic hydroxyl groups excluding tert-OH is 1. The summed E-state index contributed by atoms with van der Waals surface area (Å²) in [5.74, 6) is -9.70. The van der Waals surface area contributed by atoms with E-state index in [0.717, 1.165) is 14.3 Å². The third kappa shape index (κ3) is 26.2. The molecule has 1 aliphatic rings. The van der Waals surface area contributed by atoms with Gasteiger partial charge in [0.25, 0.3) is 0 Å². The van der Waals surface area contributed by atoms with Crippen LogP contribution in [0.4, 0.5) is 4.79 Å². The quantitative estimate of drug-likeness (QED) is 0.00999. The molecule has 1 aromatic heterocycles. The minimum atomic E-state index is -1.84. The largest absolute Gasteiger partial charge is 0.508 e. The van der Waals surface area contributed by atoms with E-state index in [1.54, 1.807) is 50.2 Å². The Morgan fingerprint density at radius 1 is 0.569 bits per heavy atom. The van der Waals surface area contributed by atoms with Crippen molar-refractivity contribution in [2.24, 2.45) is 33.8 Å². The van der Waals surface area contributed by atoms with E-state index in [1.807, 2.05) is 42.5 Å². The van der Waals surface area contributed by atoms with Crippen LogP contribution >= 0.6 is 22.6 Å². The molecule has 31 nitrogen and oxygen atoms in total. The van der Waals surface area contributed by atoms with Gasteiger partial charge in [0.1, 0.15) is 66.2 Å². The Morgan fingerprint density at radius 3 is 1.63 bits per heavy atom.